The van der Waals surface area contributed by atoms with Gasteiger partial charge in [-0.1, -0.05) is 19.9 Å². The molecule has 0 saturated carbocycles. The predicted molar refractivity (Wildman–Crippen MR) is 67.5 cm³/mol. The first kappa shape index (κ1) is 13.5. The van der Waals surface area contributed by atoms with Crippen LogP contribution in [0.5, 0.6) is 5.75 Å². The Kier molecular flexibility index (Phi) is 4.52. The van der Waals surface area contributed by atoms with Crippen molar-refractivity contribution in [1.82, 2.24) is 5.43 Å². The number of amides is 1. The first-order chi connectivity index (χ1) is 7.95. The van der Waals surface area contributed by atoms with Crippen LogP contribution >= 0.6 is 0 Å². The summed E-state index contributed by atoms with van der Waals surface area (Å²) in [7, 11) is 0. The van der Waals surface area contributed by atoms with Crippen LogP contribution in [0.25, 0.3) is 0 Å². The maximum Gasteiger partial charge on any atom is 0.275 e. The molecule has 0 aromatic heterocycles. The number of benzene rings is 1. The van der Waals surface area contributed by atoms with Crippen molar-refractivity contribution < 1.29 is 9.53 Å². The highest BCUT2D eigenvalue weighted by molar-refractivity contribution is 5.80. The van der Waals surface area contributed by atoms with Crippen LogP contribution in [-0.4, -0.2) is 12.0 Å². The average molecular weight is 236 g/mol. The van der Waals surface area contributed by atoms with Crippen molar-refractivity contribution in [3.8, 4) is 5.75 Å². The van der Waals surface area contributed by atoms with Gasteiger partial charge in [-0.15, -0.1) is 0 Å². The lowest BCUT2D eigenvalue weighted by atomic mass is 10.1. The van der Waals surface area contributed by atoms with Gasteiger partial charge in [-0.2, -0.15) is 0 Å². The van der Waals surface area contributed by atoms with Gasteiger partial charge in [0.05, 0.1) is 0 Å². The van der Waals surface area contributed by atoms with E-state index in [1.165, 1.54) is 5.56 Å². The minimum Gasteiger partial charge on any atom is -0.480 e. The van der Waals surface area contributed by atoms with Crippen LogP contribution in [-0.2, 0) is 4.79 Å². The summed E-state index contributed by atoms with van der Waals surface area (Å²) in [4.78, 5) is 11.5. The van der Waals surface area contributed by atoms with E-state index in [9.17, 15) is 4.79 Å². The molecular weight excluding hydrogens is 216 g/mol. The van der Waals surface area contributed by atoms with Gasteiger partial charge in [0.2, 0.25) is 0 Å². The van der Waals surface area contributed by atoms with E-state index in [4.69, 9.17) is 10.6 Å². The highest BCUT2D eigenvalue weighted by atomic mass is 16.5. The number of hydrazine groups is 1. The van der Waals surface area contributed by atoms with Crippen molar-refractivity contribution in [1.29, 1.82) is 0 Å². The van der Waals surface area contributed by atoms with Gasteiger partial charge < -0.3 is 4.74 Å². The minimum atomic E-state index is -0.567. The van der Waals surface area contributed by atoms with E-state index in [1.807, 2.05) is 45.9 Å². The summed E-state index contributed by atoms with van der Waals surface area (Å²) in [6.07, 6.45) is -0.567. The Morgan fingerprint density at radius 1 is 1.29 bits per heavy atom. The van der Waals surface area contributed by atoms with Gasteiger partial charge in [0.1, 0.15) is 5.75 Å². The molecule has 1 atom stereocenters. The van der Waals surface area contributed by atoms with E-state index >= 15 is 0 Å². The van der Waals surface area contributed by atoms with E-state index in [-0.39, 0.29) is 11.8 Å². The first-order valence-electron chi connectivity index (χ1n) is 5.70. The number of hydrogen-bond acceptors (Lipinski definition) is 3. The lowest BCUT2D eigenvalue weighted by Crippen LogP contribution is -2.44. The SMILES string of the molecule is Cc1ccc(OC(C(=O)NN)C(C)C)cc1C. The van der Waals surface area contributed by atoms with E-state index in [2.05, 4.69) is 5.43 Å². The molecule has 0 heterocycles. The van der Waals surface area contributed by atoms with Crippen molar-refractivity contribution >= 4 is 5.91 Å². The summed E-state index contributed by atoms with van der Waals surface area (Å²) in [6.45, 7) is 7.88. The molecule has 1 aromatic carbocycles. The van der Waals surface area contributed by atoms with Crippen molar-refractivity contribution in [3.63, 3.8) is 0 Å². The molecule has 17 heavy (non-hydrogen) atoms. The number of carbonyl (C=O) groups is 1. The number of nitrogens with two attached hydrogens (primary N) is 1. The zero-order valence-corrected chi connectivity index (χ0v) is 10.8. The Labute approximate surface area is 102 Å². The molecule has 1 rings (SSSR count). The van der Waals surface area contributed by atoms with Gasteiger partial charge in [0.15, 0.2) is 6.10 Å². The summed E-state index contributed by atoms with van der Waals surface area (Å²) in [6, 6.07) is 5.76. The van der Waals surface area contributed by atoms with Gasteiger partial charge in [0, 0.05) is 0 Å². The molecule has 0 bridgehead atoms. The number of nitrogens with one attached hydrogen (secondary N) is 1. The molecular formula is C13H20N2O2. The molecule has 0 aliphatic carbocycles. The monoisotopic (exact) mass is 236 g/mol. The molecule has 0 aliphatic rings. The Balaban J connectivity index is 2.86. The van der Waals surface area contributed by atoms with Gasteiger partial charge in [-0.25, -0.2) is 5.84 Å². The van der Waals surface area contributed by atoms with E-state index in [0.29, 0.717) is 5.75 Å². The first-order valence-corrected chi connectivity index (χ1v) is 5.70. The second-order valence-corrected chi connectivity index (χ2v) is 4.54. The van der Waals surface area contributed by atoms with Crippen LogP contribution in [0, 0.1) is 19.8 Å². The van der Waals surface area contributed by atoms with Crippen LogP contribution in [0.3, 0.4) is 0 Å². The number of hydrogen-bond donors (Lipinski definition) is 2. The number of rotatable bonds is 4. The lowest BCUT2D eigenvalue weighted by molar-refractivity contribution is -0.129. The molecule has 1 aromatic rings. The molecule has 0 aliphatic heterocycles. The van der Waals surface area contributed by atoms with E-state index in [0.717, 1.165) is 5.56 Å². The Hall–Kier alpha value is -1.55. The second-order valence-electron chi connectivity index (χ2n) is 4.54. The Morgan fingerprint density at radius 2 is 1.94 bits per heavy atom. The number of ether oxygens (including phenoxy) is 1. The average Bonchev–Trinajstić information content (AvgIpc) is 2.29. The van der Waals surface area contributed by atoms with Gasteiger partial charge >= 0.3 is 0 Å². The quantitative estimate of drug-likeness (QED) is 0.475. The van der Waals surface area contributed by atoms with Crippen LogP contribution in [0.4, 0.5) is 0 Å². The third-order valence-electron chi connectivity index (χ3n) is 2.75. The standard InChI is InChI=1S/C13H20N2O2/c1-8(2)12(13(16)15-14)17-11-6-5-9(3)10(4)7-11/h5-8,12H,14H2,1-4H3,(H,15,16). The smallest absolute Gasteiger partial charge is 0.275 e. The molecule has 3 N–H and O–H groups in total. The molecule has 4 heteroatoms. The largest absolute Gasteiger partial charge is 0.480 e. The molecule has 0 fully saturated rings. The fourth-order valence-electron chi connectivity index (χ4n) is 1.51. The minimum absolute atomic E-state index is 0.0557. The Morgan fingerprint density at radius 3 is 2.41 bits per heavy atom. The van der Waals surface area contributed by atoms with Gasteiger partial charge in [-0.05, 0) is 43.0 Å². The van der Waals surface area contributed by atoms with Crippen LogP contribution < -0.4 is 16.0 Å². The van der Waals surface area contributed by atoms with Gasteiger partial charge in [0.25, 0.3) is 5.91 Å². The van der Waals surface area contributed by atoms with Crippen molar-refractivity contribution in [2.24, 2.45) is 11.8 Å². The number of carbonyl (C=O) groups excluding carboxylic acids is 1. The zero-order chi connectivity index (χ0) is 13.0. The molecule has 1 amide bonds. The molecule has 0 radical (unpaired) electrons. The molecule has 1 unspecified atom stereocenters. The summed E-state index contributed by atoms with van der Waals surface area (Å²) >= 11 is 0. The van der Waals surface area contributed by atoms with Crippen LogP contribution in [0.1, 0.15) is 25.0 Å². The third kappa shape index (κ3) is 3.46. The summed E-state index contributed by atoms with van der Waals surface area (Å²) in [5.74, 6) is 5.58. The molecule has 0 spiro atoms. The summed E-state index contributed by atoms with van der Waals surface area (Å²) in [5.41, 5.74) is 4.46. The lowest BCUT2D eigenvalue weighted by Gasteiger charge is -2.21. The molecule has 94 valence electrons. The van der Waals surface area contributed by atoms with Crippen molar-refractivity contribution in [3.05, 3.63) is 29.3 Å². The maximum absolute atomic E-state index is 11.5. The van der Waals surface area contributed by atoms with Crippen molar-refractivity contribution in [2.75, 3.05) is 0 Å². The zero-order valence-electron chi connectivity index (χ0n) is 10.8. The maximum atomic E-state index is 11.5. The fraction of sp³-hybridized carbons (Fsp3) is 0.462. The third-order valence-corrected chi connectivity index (χ3v) is 2.75. The normalized spacial score (nSPS) is 12.4. The van der Waals surface area contributed by atoms with Crippen LogP contribution in [0.2, 0.25) is 0 Å². The predicted octanol–water partition coefficient (Wildman–Crippen LogP) is 1.70. The Bertz CT molecular complexity index is 402. The topological polar surface area (TPSA) is 64.3 Å². The van der Waals surface area contributed by atoms with Crippen molar-refractivity contribution in [2.45, 2.75) is 33.8 Å². The number of aryl methyl sites for hydroxylation is 2. The second kappa shape index (κ2) is 5.68. The fourth-order valence-corrected chi connectivity index (χ4v) is 1.51. The van der Waals surface area contributed by atoms with Gasteiger partial charge in [-0.3, -0.25) is 10.2 Å². The molecule has 0 saturated heterocycles. The van der Waals surface area contributed by atoms with E-state index < -0.39 is 6.10 Å². The highest BCUT2D eigenvalue weighted by Gasteiger charge is 2.23. The summed E-state index contributed by atoms with van der Waals surface area (Å²) < 4.78 is 5.67. The highest BCUT2D eigenvalue weighted by Crippen LogP contribution is 2.19. The van der Waals surface area contributed by atoms with Crippen LogP contribution in [0.15, 0.2) is 18.2 Å². The molecule has 4 nitrogen and oxygen atoms in total. The summed E-state index contributed by atoms with van der Waals surface area (Å²) in [5, 5.41) is 0. The van der Waals surface area contributed by atoms with E-state index in [1.54, 1.807) is 0 Å².